The van der Waals surface area contributed by atoms with Crippen molar-refractivity contribution < 1.29 is 9.53 Å². The maximum absolute atomic E-state index is 11.9. The molecule has 1 heterocycles. The molecule has 2 aliphatic rings. The van der Waals surface area contributed by atoms with Crippen LogP contribution in [0, 0.1) is 5.92 Å². The monoisotopic (exact) mass is 297 g/mol. The van der Waals surface area contributed by atoms with E-state index in [0.29, 0.717) is 23.5 Å². The van der Waals surface area contributed by atoms with Crippen molar-refractivity contribution in [3.05, 3.63) is 0 Å². The Morgan fingerprint density at radius 3 is 2.70 bits per heavy atom. The van der Waals surface area contributed by atoms with Crippen LogP contribution < -0.4 is 5.32 Å². The molecule has 0 aromatic rings. The van der Waals surface area contributed by atoms with E-state index in [-0.39, 0.29) is 5.54 Å². The van der Waals surface area contributed by atoms with Gasteiger partial charge in [0.1, 0.15) is 11.4 Å². The largest absolute Gasteiger partial charge is 0.449 e. The molecule has 0 aromatic carbocycles. The summed E-state index contributed by atoms with van der Waals surface area (Å²) in [5.74, 6) is 0.983. The number of alkyl carbamates (subject to hydrolysis) is 1. The average Bonchev–Trinajstić information content (AvgIpc) is 2.63. The second kappa shape index (κ2) is 6.08. The zero-order valence-corrected chi connectivity index (χ0v) is 13.3. The van der Waals surface area contributed by atoms with Crippen LogP contribution in [0.25, 0.3) is 0 Å². The lowest BCUT2D eigenvalue weighted by Gasteiger charge is -2.40. The molecule has 0 bridgehead atoms. The van der Waals surface area contributed by atoms with Crippen molar-refractivity contribution in [3.63, 3.8) is 0 Å². The quantitative estimate of drug-likeness (QED) is 0.796. The fourth-order valence-corrected chi connectivity index (χ4v) is 3.11. The Kier molecular flexibility index (Phi) is 4.62. The van der Waals surface area contributed by atoms with Gasteiger partial charge in [0.25, 0.3) is 0 Å². The van der Waals surface area contributed by atoms with Crippen LogP contribution in [0.5, 0.6) is 0 Å². The van der Waals surface area contributed by atoms with Gasteiger partial charge in [0.15, 0.2) is 5.11 Å². The second-order valence-electron chi connectivity index (χ2n) is 6.01. The summed E-state index contributed by atoms with van der Waals surface area (Å²) in [6, 6.07) is 0. The lowest BCUT2D eigenvalue weighted by Crippen LogP contribution is -2.56. The molecule has 1 aliphatic heterocycles. The Balaban J connectivity index is 2.06. The van der Waals surface area contributed by atoms with E-state index in [2.05, 4.69) is 10.3 Å². The molecule has 0 unspecified atom stereocenters. The second-order valence-corrected chi connectivity index (χ2v) is 6.38. The summed E-state index contributed by atoms with van der Waals surface area (Å²) in [5.41, 5.74) is -0.230. The molecule has 6 heteroatoms. The standard InChI is InChI=1S/C14H23N3O2S/c1-10(2)9-19-13(18)16-11-14(7-5-4-6-8-14)17(3)12(20)15-11/h10H,4-9H2,1-3H3,(H,15,16,18,20). The molecule has 1 saturated carbocycles. The molecule has 5 nitrogen and oxygen atoms in total. The minimum absolute atomic E-state index is 0.230. The van der Waals surface area contributed by atoms with Gasteiger partial charge >= 0.3 is 6.09 Å². The zero-order valence-electron chi connectivity index (χ0n) is 12.4. The molecule has 112 valence electrons. The fourth-order valence-electron chi connectivity index (χ4n) is 2.84. The summed E-state index contributed by atoms with van der Waals surface area (Å²) >= 11 is 5.28. The van der Waals surface area contributed by atoms with Crippen LogP contribution in [0.4, 0.5) is 4.79 Å². The van der Waals surface area contributed by atoms with Crippen molar-refractivity contribution >= 4 is 29.3 Å². The van der Waals surface area contributed by atoms with Crippen molar-refractivity contribution in [1.29, 1.82) is 0 Å². The van der Waals surface area contributed by atoms with Gasteiger partial charge in [-0.3, -0.25) is 5.32 Å². The van der Waals surface area contributed by atoms with E-state index in [4.69, 9.17) is 17.0 Å². The van der Waals surface area contributed by atoms with Crippen molar-refractivity contribution in [2.24, 2.45) is 10.9 Å². The number of aliphatic imine (C=N–C) groups is 1. The lowest BCUT2D eigenvalue weighted by molar-refractivity contribution is 0.136. The first-order chi connectivity index (χ1) is 9.45. The minimum atomic E-state index is -0.430. The van der Waals surface area contributed by atoms with Crippen LogP contribution in [0.1, 0.15) is 46.0 Å². The summed E-state index contributed by atoms with van der Waals surface area (Å²) in [7, 11) is 1.96. The summed E-state index contributed by atoms with van der Waals surface area (Å²) in [5, 5.41) is 3.36. The van der Waals surface area contributed by atoms with Gasteiger partial charge in [-0.05, 0) is 31.0 Å². The van der Waals surface area contributed by atoms with Crippen LogP contribution in [0.3, 0.4) is 0 Å². The van der Waals surface area contributed by atoms with Crippen molar-refractivity contribution in [2.75, 3.05) is 13.7 Å². The SMILES string of the molecule is CC(C)COC(=O)NC1=NC(=S)N(C)C12CCCCC2. The van der Waals surface area contributed by atoms with Gasteiger partial charge in [-0.2, -0.15) is 0 Å². The Morgan fingerprint density at radius 2 is 2.10 bits per heavy atom. The molecule has 2 rings (SSSR count). The van der Waals surface area contributed by atoms with Crippen LogP contribution in [-0.4, -0.2) is 41.1 Å². The van der Waals surface area contributed by atoms with Gasteiger partial charge < -0.3 is 9.64 Å². The highest BCUT2D eigenvalue weighted by Gasteiger charge is 2.47. The van der Waals surface area contributed by atoms with E-state index in [1.807, 2.05) is 25.8 Å². The number of nitrogens with zero attached hydrogens (tertiary/aromatic N) is 2. The topological polar surface area (TPSA) is 53.9 Å². The number of amidine groups is 1. The molecule has 1 aliphatic carbocycles. The van der Waals surface area contributed by atoms with Gasteiger partial charge in [0.05, 0.1) is 6.61 Å². The lowest BCUT2D eigenvalue weighted by atomic mass is 9.80. The summed E-state index contributed by atoms with van der Waals surface area (Å²) in [6.07, 6.45) is 5.02. The maximum Gasteiger partial charge on any atom is 0.412 e. The fraction of sp³-hybridized carbons (Fsp3) is 0.786. The van der Waals surface area contributed by atoms with E-state index in [1.165, 1.54) is 6.42 Å². The van der Waals surface area contributed by atoms with Gasteiger partial charge in [-0.1, -0.05) is 33.1 Å². The molecule has 1 spiro atoms. The number of hydrogen-bond acceptors (Lipinski definition) is 3. The van der Waals surface area contributed by atoms with E-state index >= 15 is 0 Å². The first-order valence-electron chi connectivity index (χ1n) is 7.26. The third-order valence-electron chi connectivity index (χ3n) is 4.03. The molecular formula is C14H23N3O2S. The Labute approximate surface area is 125 Å². The molecule has 0 atom stereocenters. The highest BCUT2D eigenvalue weighted by atomic mass is 32.1. The molecule has 0 aromatic heterocycles. The Morgan fingerprint density at radius 1 is 1.45 bits per heavy atom. The normalized spacial score (nSPS) is 21.3. The number of hydrogen-bond donors (Lipinski definition) is 1. The molecule has 1 N–H and O–H groups in total. The molecule has 0 radical (unpaired) electrons. The molecule has 0 saturated heterocycles. The molecular weight excluding hydrogens is 274 g/mol. The van der Waals surface area contributed by atoms with Crippen LogP contribution in [0.2, 0.25) is 0 Å². The van der Waals surface area contributed by atoms with E-state index in [1.54, 1.807) is 0 Å². The summed E-state index contributed by atoms with van der Waals surface area (Å²) in [4.78, 5) is 18.3. The van der Waals surface area contributed by atoms with Crippen molar-refractivity contribution in [3.8, 4) is 0 Å². The number of ether oxygens (including phenoxy) is 1. The van der Waals surface area contributed by atoms with E-state index in [9.17, 15) is 4.79 Å². The van der Waals surface area contributed by atoms with Gasteiger partial charge in [0, 0.05) is 7.05 Å². The van der Waals surface area contributed by atoms with E-state index in [0.717, 1.165) is 25.7 Å². The van der Waals surface area contributed by atoms with Gasteiger partial charge in [-0.25, -0.2) is 9.79 Å². The number of carbonyl (C=O) groups excluding carboxylic acids is 1. The molecule has 1 fully saturated rings. The highest BCUT2D eigenvalue weighted by Crippen LogP contribution is 2.37. The van der Waals surface area contributed by atoms with Gasteiger partial charge in [0.2, 0.25) is 0 Å². The van der Waals surface area contributed by atoms with Crippen LogP contribution in [-0.2, 0) is 4.74 Å². The van der Waals surface area contributed by atoms with Gasteiger partial charge in [-0.15, -0.1) is 0 Å². The highest BCUT2D eigenvalue weighted by molar-refractivity contribution is 7.80. The number of nitrogens with one attached hydrogen (secondary N) is 1. The molecule has 1 amide bonds. The minimum Gasteiger partial charge on any atom is -0.449 e. The number of carbonyl (C=O) groups is 1. The smallest absolute Gasteiger partial charge is 0.412 e. The number of rotatable bonds is 2. The first kappa shape index (κ1) is 15.2. The van der Waals surface area contributed by atoms with E-state index < -0.39 is 6.09 Å². The zero-order chi connectivity index (χ0) is 14.8. The summed E-state index contributed by atoms with van der Waals surface area (Å²) < 4.78 is 5.18. The maximum atomic E-state index is 11.9. The van der Waals surface area contributed by atoms with Crippen molar-refractivity contribution in [1.82, 2.24) is 10.2 Å². The first-order valence-corrected chi connectivity index (χ1v) is 7.67. The number of amides is 1. The predicted molar refractivity (Wildman–Crippen MR) is 82.9 cm³/mol. The predicted octanol–water partition coefficient (Wildman–Crippen LogP) is 2.70. The number of likely N-dealkylation sites (N-methyl/N-ethyl adjacent to an activating group) is 1. The van der Waals surface area contributed by atoms with Crippen LogP contribution in [0.15, 0.2) is 4.99 Å². The Bertz CT molecular complexity index is 428. The van der Waals surface area contributed by atoms with Crippen LogP contribution >= 0.6 is 12.2 Å². The summed E-state index contributed by atoms with van der Waals surface area (Å²) in [6.45, 7) is 4.42. The third-order valence-corrected chi connectivity index (χ3v) is 4.39. The number of thiocarbonyl (C=S) groups is 1. The van der Waals surface area contributed by atoms with Crippen molar-refractivity contribution in [2.45, 2.75) is 51.5 Å². The average molecular weight is 297 g/mol. The Hall–Kier alpha value is -1.17. The molecule has 20 heavy (non-hydrogen) atoms. The third kappa shape index (κ3) is 2.95.